The highest BCUT2D eigenvalue weighted by molar-refractivity contribution is 7.89. The van der Waals surface area contributed by atoms with Crippen LogP contribution in [0.2, 0.25) is 0 Å². The largest absolute Gasteiger partial charge is 0.290 e. The number of nitrogens with one attached hydrogen (secondary N) is 2. The number of rotatable bonds is 5. The second kappa shape index (κ2) is 6.69. The Morgan fingerprint density at radius 3 is 2.41 bits per heavy atom. The van der Waals surface area contributed by atoms with Gasteiger partial charge in [0.25, 0.3) is 5.91 Å². The van der Waals surface area contributed by atoms with Gasteiger partial charge in [-0.05, 0) is 30.7 Å². The minimum Gasteiger partial charge on any atom is -0.290 e. The number of benzene rings is 2. The molecular formula is C15H17N3O3S. The first-order valence-corrected chi connectivity index (χ1v) is 8.10. The van der Waals surface area contributed by atoms with Crippen LogP contribution in [0.5, 0.6) is 0 Å². The van der Waals surface area contributed by atoms with Gasteiger partial charge in [0.1, 0.15) is 0 Å². The molecule has 0 aliphatic carbocycles. The maximum absolute atomic E-state index is 12.4. The van der Waals surface area contributed by atoms with E-state index in [9.17, 15) is 13.2 Å². The highest BCUT2D eigenvalue weighted by Gasteiger charge is 2.19. The van der Waals surface area contributed by atoms with E-state index in [0.29, 0.717) is 0 Å². The van der Waals surface area contributed by atoms with Crippen molar-refractivity contribution in [2.75, 3.05) is 0 Å². The third kappa shape index (κ3) is 3.70. The van der Waals surface area contributed by atoms with Crippen molar-refractivity contribution in [2.45, 2.75) is 17.9 Å². The van der Waals surface area contributed by atoms with Gasteiger partial charge >= 0.3 is 0 Å². The maximum atomic E-state index is 12.4. The zero-order valence-electron chi connectivity index (χ0n) is 12.0. The summed E-state index contributed by atoms with van der Waals surface area (Å²) >= 11 is 0. The van der Waals surface area contributed by atoms with Gasteiger partial charge in [0.05, 0.1) is 4.90 Å². The molecule has 0 fully saturated rings. The molecule has 7 heteroatoms. The Morgan fingerprint density at radius 1 is 1.09 bits per heavy atom. The van der Waals surface area contributed by atoms with Crippen LogP contribution in [0, 0.1) is 0 Å². The van der Waals surface area contributed by atoms with Crippen molar-refractivity contribution < 1.29 is 13.2 Å². The number of carbonyl (C=O) groups excluding carboxylic acids is 1. The van der Waals surface area contributed by atoms with Crippen LogP contribution in [0.25, 0.3) is 0 Å². The Balaban J connectivity index is 2.25. The topological polar surface area (TPSA) is 101 Å². The summed E-state index contributed by atoms with van der Waals surface area (Å²) in [6.45, 7) is 1.75. The SMILES string of the molecule is C[C@H](NS(=O)(=O)c1cccc(C(=O)NN)c1)c1ccccc1. The van der Waals surface area contributed by atoms with Gasteiger partial charge in [-0.2, -0.15) is 0 Å². The van der Waals surface area contributed by atoms with Gasteiger partial charge in [-0.3, -0.25) is 10.2 Å². The zero-order chi connectivity index (χ0) is 16.2. The van der Waals surface area contributed by atoms with Crippen molar-refractivity contribution >= 4 is 15.9 Å². The minimum absolute atomic E-state index is 0.0105. The van der Waals surface area contributed by atoms with E-state index in [1.165, 1.54) is 24.3 Å². The normalized spacial score (nSPS) is 12.6. The van der Waals surface area contributed by atoms with E-state index < -0.39 is 22.0 Å². The summed E-state index contributed by atoms with van der Waals surface area (Å²) < 4.78 is 27.4. The second-order valence-corrected chi connectivity index (χ2v) is 6.47. The number of nitrogen functional groups attached to an aromatic ring is 1. The molecule has 2 rings (SSSR count). The summed E-state index contributed by atoms with van der Waals surface area (Å²) in [4.78, 5) is 11.5. The van der Waals surface area contributed by atoms with E-state index in [-0.39, 0.29) is 10.5 Å². The molecule has 22 heavy (non-hydrogen) atoms. The lowest BCUT2D eigenvalue weighted by atomic mass is 10.1. The fraction of sp³-hybridized carbons (Fsp3) is 0.133. The first-order valence-electron chi connectivity index (χ1n) is 6.62. The van der Waals surface area contributed by atoms with E-state index >= 15 is 0 Å². The molecule has 0 saturated carbocycles. The predicted octanol–water partition coefficient (Wildman–Crippen LogP) is 1.33. The molecule has 0 aliphatic heterocycles. The van der Waals surface area contributed by atoms with Crippen LogP contribution in [-0.2, 0) is 10.0 Å². The quantitative estimate of drug-likeness (QED) is 0.439. The Labute approximate surface area is 129 Å². The average Bonchev–Trinajstić information content (AvgIpc) is 2.54. The lowest BCUT2D eigenvalue weighted by Gasteiger charge is -2.15. The zero-order valence-corrected chi connectivity index (χ0v) is 12.8. The van der Waals surface area contributed by atoms with E-state index in [1.807, 2.05) is 35.8 Å². The molecule has 1 amide bonds. The van der Waals surface area contributed by atoms with Crippen LogP contribution >= 0.6 is 0 Å². The number of nitrogens with two attached hydrogens (primary N) is 1. The summed E-state index contributed by atoms with van der Waals surface area (Å²) in [5.74, 6) is 4.51. The summed E-state index contributed by atoms with van der Waals surface area (Å²) in [5, 5.41) is 0. The van der Waals surface area contributed by atoms with Crippen molar-refractivity contribution in [3.05, 3.63) is 65.7 Å². The number of amides is 1. The van der Waals surface area contributed by atoms with Gasteiger partial charge in [-0.1, -0.05) is 36.4 Å². The third-order valence-corrected chi connectivity index (χ3v) is 4.71. The molecule has 6 nitrogen and oxygen atoms in total. The van der Waals surface area contributed by atoms with Crippen LogP contribution in [0.15, 0.2) is 59.5 Å². The standard InChI is InChI=1S/C15H17N3O3S/c1-11(12-6-3-2-4-7-12)18-22(20,21)14-9-5-8-13(10-14)15(19)17-16/h2-11,18H,16H2,1H3,(H,17,19)/t11-/m0/s1. The maximum Gasteiger partial charge on any atom is 0.265 e. The summed E-state index contributed by atoms with van der Waals surface area (Å²) in [6, 6.07) is 14.5. The highest BCUT2D eigenvalue weighted by atomic mass is 32.2. The molecule has 0 aliphatic rings. The van der Waals surface area contributed by atoms with Gasteiger partial charge in [0, 0.05) is 11.6 Å². The lowest BCUT2D eigenvalue weighted by Crippen LogP contribution is -2.30. The van der Waals surface area contributed by atoms with Gasteiger partial charge < -0.3 is 0 Å². The van der Waals surface area contributed by atoms with Crippen molar-refractivity contribution in [2.24, 2.45) is 5.84 Å². The molecule has 0 bridgehead atoms. The summed E-state index contributed by atoms with van der Waals surface area (Å²) in [5.41, 5.74) is 3.00. The number of carbonyl (C=O) groups is 1. The van der Waals surface area contributed by atoms with Crippen LogP contribution in [0.3, 0.4) is 0 Å². The van der Waals surface area contributed by atoms with Crippen molar-refractivity contribution in [1.29, 1.82) is 0 Å². The van der Waals surface area contributed by atoms with Crippen molar-refractivity contribution in [1.82, 2.24) is 10.1 Å². The molecule has 0 saturated heterocycles. The van der Waals surface area contributed by atoms with Gasteiger partial charge in [0.2, 0.25) is 10.0 Å². The first kappa shape index (κ1) is 16.2. The fourth-order valence-electron chi connectivity index (χ4n) is 2.00. The van der Waals surface area contributed by atoms with Crippen molar-refractivity contribution in [3.63, 3.8) is 0 Å². The number of sulfonamides is 1. The molecule has 2 aromatic rings. The first-order chi connectivity index (χ1) is 10.4. The van der Waals surface area contributed by atoms with Gasteiger partial charge in [-0.15, -0.1) is 0 Å². The number of hydrogen-bond donors (Lipinski definition) is 3. The molecule has 2 aromatic carbocycles. The molecule has 116 valence electrons. The smallest absolute Gasteiger partial charge is 0.265 e. The fourth-order valence-corrected chi connectivity index (χ4v) is 3.28. The monoisotopic (exact) mass is 319 g/mol. The Hall–Kier alpha value is -2.22. The molecule has 0 radical (unpaired) electrons. The Bertz CT molecular complexity index is 761. The van der Waals surface area contributed by atoms with E-state index in [2.05, 4.69) is 4.72 Å². The van der Waals surface area contributed by atoms with Crippen LogP contribution in [0.1, 0.15) is 28.9 Å². The second-order valence-electron chi connectivity index (χ2n) is 4.75. The molecule has 1 atom stereocenters. The van der Waals surface area contributed by atoms with E-state index in [1.54, 1.807) is 6.92 Å². The average molecular weight is 319 g/mol. The van der Waals surface area contributed by atoms with Crippen LogP contribution in [0.4, 0.5) is 0 Å². The molecule has 0 unspecified atom stereocenters. The molecule has 0 spiro atoms. The third-order valence-electron chi connectivity index (χ3n) is 3.17. The van der Waals surface area contributed by atoms with Crippen LogP contribution < -0.4 is 16.0 Å². The molecule has 4 N–H and O–H groups in total. The van der Waals surface area contributed by atoms with E-state index in [0.717, 1.165) is 5.56 Å². The molecule has 0 aromatic heterocycles. The minimum atomic E-state index is -3.74. The predicted molar refractivity (Wildman–Crippen MR) is 83.3 cm³/mol. The van der Waals surface area contributed by atoms with Gasteiger partial charge in [0.15, 0.2) is 0 Å². The van der Waals surface area contributed by atoms with Crippen LogP contribution in [-0.4, -0.2) is 14.3 Å². The van der Waals surface area contributed by atoms with Crippen molar-refractivity contribution in [3.8, 4) is 0 Å². The summed E-state index contributed by atoms with van der Waals surface area (Å²) in [7, 11) is -3.74. The number of hydrazine groups is 1. The Morgan fingerprint density at radius 2 is 1.77 bits per heavy atom. The highest BCUT2D eigenvalue weighted by Crippen LogP contribution is 2.17. The van der Waals surface area contributed by atoms with E-state index in [4.69, 9.17) is 5.84 Å². The number of hydrogen-bond acceptors (Lipinski definition) is 4. The molecule has 0 heterocycles. The summed E-state index contributed by atoms with van der Waals surface area (Å²) in [6.07, 6.45) is 0. The lowest BCUT2D eigenvalue weighted by molar-refractivity contribution is 0.0953. The molecular weight excluding hydrogens is 302 g/mol. The Kier molecular flexibility index (Phi) is 4.92. The van der Waals surface area contributed by atoms with Gasteiger partial charge in [-0.25, -0.2) is 19.0 Å².